The van der Waals surface area contributed by atoms with Crippen molar-refractivity contribution in [3.8, 4) is 5.75 Å². The van der Waals surface area contributed by atoms with Crippen molar-refractivity contribution in [2.45, 2.75) is 63.4 Å². The summed E-state index contributed by atoms with van der Waals surface area (Å²) in [6.45, 7) is 1.98. The maximum absolute atomic E-state index is 12.5. The van der Waals surface area contributed by atoms with Crippen molar-refractivity contribution >= 4 is 17.8 Å². The van der Waals surface area contributed by atoms with Crippen molar-refractivity contribution in [2.24, 2.45) is 5.92 Å². The summed E-state index contributed by atoms with van der Waals surface area (Å²) in [5.74, 6) is 0.271. The highest BCUT2D eigenvalue weighted by atomic mass is 16.5. The zero-order valence-corrected chi connectivity index (χ0v) is 20.7. The Kier molecular flexibility index (Phi) is 8.98. The third-order valence-electron chi connectivity index (χ3n) is 7.41. The number of ketones is 1. The van der Waals surface area contributed by atoms with Crippen molar-refractivity contribution in [3.63, 3.8) is 0 Å². The number of hydrogen-bond acceptors (Lipinski definition) is 4. The van der Waals surface area contributed by atoms with E-state index in [0.717, 1.165) is 38.8 Å². The Hall–Kier alpha value is -3.35. The summed E-state index contributed by atoms with van der Waals surface area (Å²) in [7, 11) is 0. The molecule has 2 aliphatic rings. The van der Waals surface area contributed by atoms with Gasteiger partial charge in [0.2, 0.25) is 0 Å². The molecule has 0 unspecified atom stereocenters. The molecule has 1 heterocycles. The maximum Gasteiger partial charge on any atom is 0.317 e. The summed E-state index contributed by atoms with van der Waals surface area (Å²) in [6, 6.07) is 17.6. The van der Waals surface area contributed by atoms with E-state index < -0.39 is 5.97 Å². The number of nitrogens with zero attached hydrogens (tertiary/aromatic N) is 1. The van der Waals surface area contributed by atoms with Gasteiger partial charge in [-0.3, -0.25) is 9.59 Å². The second-order valence-corrected chi connectivity index (χ2v) is 9.88. The van der Waals surface area contributed by atoms with E-state index in [-0.39, 0.29) is 23.8 Å². The van der Waals surface area contributed by atoms with Gasteiger partial charge in [-0.05, 0) is 80.7 Å². The Balaban J connectivity index is 1.12. The third kappa shape index (κ3) is 7.09. The molecule has 4 rings (SSSR count). The van der Waals surface area contributed by atoms with E-state index in [1.807, 2.05) is 11.0 Å². The molecule has 36 heavy (non-hydrogen) atoms. The first-order valence-corrected chi connectivity index (χ1v) is 13.1. The van der Waals surface area contributed by atoms with Crippen LogP contribution in [-0.2, 0) is 4.79 Å². The van der Waals surface area contributed by atoms with Gasteiger partial charge >= 0.3 is 12.0 Å². The van der Waals surface area contributed by atoms with Crippen molar-refractivity contribution < 1.29 is 24.2 Å². The van der Waals surface area contributed by atoms with E-state index in [4.69, 9.17) is 9.84 Å². The van der Waals surface area contributed by atoms with Crippen LogP contribution in [0.15, 0.2) is 54.6 Å². The number of benzene rings is 2. The van der Waals surface area contributed by atoms with Crippen LogP contribution < -0.4 is 10.1 Å². The minimum absolute atomic E-state index is 0.0230. The van der Waals surface area contributed by atoms with E-state index >= 15 is 0 Å². The first kappa shape index (κ1) is 25.7. The molecule has 0 atom stereocenters. The fraction of sp³-hybridized carbons (Fsp3) is 0.483. The topological polar surface area (TPSA) is 95.9 Å². The van der Waals surface area contributed by atoms with Crippen molar-refractivity contribution in [3.05, 3.63) is 65.7 Å². The predicted molar refractivity (Wildman–Crippen MR) is 137 cm³/mol. The van der Waals surface area contributed by atoms with Crippen LogP contribution in [0, 0.1) is 5.92 Å². The molecule has 2 fully saturated rings. The summed E-state index contributed by atoms with van der Waals surface area (Å²) in [6.07, 6.45) is 5.67. The number of likely N-dealkylation sites (tertiary alicyclic amines) is 1. The summed E-state index contributed by atoms with van der Waals surface area (Å²) >= 11 is 0. The highest BCUT2D eigenvalue weighted by molar-refractivity contribution is 5.96. The number of carboxylic acid groups (broad SMARTS) is 1. The quantitative estimate of drug-likeness (QED) is 0.368. The summed E-state index contributed by atoms with van der Waals surface area (Å²) < 4.78 is 5.98. The van der Waals surface area contributed by atoms with Gasteiger partial charge in [-0.15, -0.1) is 0 Å². The van der Waals surface area contributed by atoms with Gasteiger partial charge in [-0.1, -0.05) is 30.3 Å². The number of piperidine rings is 1. The molecule has 192 valence electrons. The molecule has 2 aromatic rings. The second kappa shape index (κ2) is 12.6. The standard InChI is InChI=1S/C29H36N2O5/c32-27(23-8-12-25(13-9-23)36-26-14-10-24(11-15-26)28(33)34)7-4-18-30-29(35)31-19-16-22(17-20-31)21-5-2-1-3-6-21/h1-3,5-6,8-9,12-13,22,24,26H,4,7,10-11,14-20H2,(H,30,35)(H,33,34). The van der Waals surface area contributed by atoms with Crippen LogP contribution in [-0.4, -0.2) is 53.5 Å². The molecular formula is C29H36N2O5. The van der Waals surface area contributed by atoms with E-state index in [9.17, 15) is 14.4 Å². The molecule has 2 N–H and O–H groups in total. The number of carboxylic acids is 1. The number of hydrogen-bond donors (Lipinski definition) is 2. The van der Waals surface area contributed by atoms with Gasteiger partial charge in [-0.2, -0.15) is 0 Å². The van der Waals surface area contributed by atoms with Gasteiger partial charge in [0, 0.05) is 31.6 Å². The fourth-order valence-corrected chi connectivity index (χ4v) is 5.18. The van der Waals surface area contributed by atoms with Gasteiger partial charge < -0.3 is 20.1 Å². The van der Waals surface area contributed by atoms with Crippen LogP contribution in [0.3, 0.4) is 0 Å². The van der Waals surface area contributed by atoms with Crippen LogP contribution >= 0.6 is 0 Å². The number of urea groups is 1. The molecule has 0 aromatic heterocycles. The van der Waals surface area contributed by atoms with Crippen LogP contribution in [0.4, 0.5) is 4.79 Å². The Labute approximate surface area is 212 Å². The number of rotatable bonds is 9. The normalized spacial score (nSPS) is 20.5. The highest BCUT2D eigenvalue weighted by Crippen LogP contribution is 2.29. The van der Waals surface area contributed by atoms with E-state index in [0.29, 0.717) is 49.5 Å². The van der Waals surface area contributed by atoms with E-state index in [1.165, 1.54) is 5.56 Å². The maximum atomic E-state index is 12.5. The van der Waals surface area contributed by atoms with Crippen molar-refractivity contribution in [1.29, 1.82) is 0 Å². The van der Waals surface area contributed by atoms with Gasteiger partial charge in [0.05, 0.1) is 12.0 Å². The molecule has 7 heteroatoms. The Morgan fingerprint density at radius 3 is 2.19 bits per heavy atom. The number of ether oxygens (including phenoxy) is 1. The van der Waals surface area contributed by atoms with Crippen molar-refractivity contribution in [1.82, 2.24) is 10.2 Å². The number of carbonyl (C=O) groups is 3. The Morgan fingerprint density at radius 2 is 1.56 bits per heavy atom. The largest absolute Gasteiger partial charge is 0.490 e. The lowest BCUT2D eigenvalue weighted by molar-refractivity contribution is -0.143. The fourth-order valence-electron chi connectivity index (χ4n) is 5.18. The number of aliphatic carboxylic acids is 1. The minimum Gasteiger partial charge on any atom is -0.490 e. The summed E-state index contributed by atoms with van der Waals surface area (Å²) in [5.41, 5.74) is 1.98. The average molecular weight is 493 g/mol. The first-order chi connectivity index (χ1) is 17.5. The van der Waals surface area contributed by atoms with Crippen LogP contribution in [0.1, 0.15) is 73.2 Å². The molecule has 1 saturated heterocycles. The zero-order chi connectivity index (χ0) is 25.3. The molecular weight excluding hydrogens is 456 g/mol. The summed E-state index contributed by atoms with van der Waals surface area (Å²) in [5, 5.41) is 12.1. The summed E-state index contributed by atoms with van der Waals surface area (Å²) in [4.78, 5) is 38.0. The van der Waals surface area contributed by atoms with Gasteiger partial charge in [-0.25, -0.2) is 4.79 Å². The number of nitrogens with one attached hydrogen (secondary N) is 1. The second-order valence-electron chi connectivity index (χ2n) is 9.88. The van der Waals surface area contributed by atoms with Crippen LogP contribution in [0.5, 0.6) is 5.75 Å². The smallest absolute Gasteiger partial charge is 0.317 e. The lowest BCUT2D eigenvalue weighted by Gasteiger charge is -2.32. The molecule has 0 radical (unpaired) electrons. The zero-order valence-electron chi connectivity index (χ0n) is 20.7. The highest BCUT2D eigenvalue weighted by Gasteiger charge is 2.27. The lowest BCUT2D eigenvalue weighted by Crippen LogP contribution is -2.44. The van der Waals surface area contributed by atoms with E-state index in [2.05, 4.69) is 29.6 Å². The molecule has 7 nitrogen and oxygen atoms in total. The Morgan fingerprint density at radius 1 is 0.889 bits per heavy atom. The van der Waals surface area contributed by atoms with E-state index in [1.54, 1.807) is 24.3 Å². The van der Waals surface area contributed by atoms with Crippen LogP contribution in [0.2, 0.25) is 0 Å². The monoisotopic (exact) mass is 492 g/mol. The lowest BCUT2D eigenvalue weighted by atomic mass is 9.87. The molecule has 2 amide bonds. The molecule has 1 aliphatic carbocycles. The molecule has 1 saturated carbocycles. The van der Waals surface area contributed by atoms with Gasteiger partial charge in [0.1, 0.15) is 5.75 Å². The average Bonchev–Trinajstić information content (AvgIpc) is 2.92. The first-order valence-electron chi connectivity index (χ1n) is 13.1. The molecule has 2 aromatic carbocycles. The SMILES string of the molecule is O=C(CCCNC(=O)N1CCC(c2ccccc2)CC1)c1ccc(OC2CCC(C(=O)O)CC2)cc1. The Bertz CT molecular complexity index is 1010. The predicted octanol–water partition coefficient (Wildman–Crippen LogP) is 5.26. The van der Waals surface area contributed by atoms with Gasteiger partial charge in [0.15, 0.2) is 5.78 Å². The third-order valence-corrected chi connectivity index (χ3v) is 7.41. The number of carbonyl (C=O) groups excluding carboxylic acids is 2. The number of Topliss-reactive ketones (excluding diaryl/α,β-unsaturated/α-hetero) is 1. The molecule has 0 spiro atoms. The van der Waals surface area contributed by atoms with Crippen molar-refractivity contribution in [2.75, 3.05) is 19.6 Å². The number of amides is 2. The minimum atomic E-state index is -0.723. The molecule has 1 aliphatic heterocycles. The van der Waals surface area contributed by atoms with Gasteiger partial charge in [0.25, 0.3) is 0 Å². The molecule has 0 bridgehead atoms. The van der Waals surface area contributed by atoms with Crippen LogP contribution in [0.25, 0.3) is 0 Å².